The molecule has 0 radical (unpaired) electrons. The first-order valence-electron chi connectivity index (χ1n) is 10.0. The van der Waals surface area contributed by atoms with E-state index in [1.54, 1.807) is 0 Å². The predicted octanol–water partition coefficient (Wildman–Crippen LogP) is 4.41. The molecule has 0 saturated carbocycles. The Morgan fingerprint density at radius 1 is 0.700 bits per heavy atom. The standard InChI is InChI=1S/C24H28O4P2/c1-19-5-11-22(12-6-19)29(18-4-17-28-30(25,26)27,23-13-7-20(2)8-14-23)24-15-9-21(3)10-16-24/h5-16H,4,17-18H2,1-3H3,(H-,25,26,27)/p+1. The Kier molecular flexibility index (Phi) is 7.29. The van der Waals surface area contributed by atoms with Crippen LogP contribution in [0.15, 0.2) is 72.8 Å². The van der Waals surface area contributed by atoms with Crippen molar-refractivity contribution in [1.82, 2.24) is 0 Å². The third-order valence-electron chi connectivity index (χ3n) is 5.32. The van der Waals surface area contributed by atoms with Crippen molar-refractivity contribution in [3.63, 3.8) is 0 Å². The van der Waals surface area contributed by atoms with Crippen molar-refractivity contribution in [3.8, 4) is 0 Å². The number of hydrogen-bond acceptors (Lipinski definition) is 2. The van der Waals surface area contributed by atoms with E-state index in [0.717, 1.165) is 6.16 Å². The fourth-order valence-corrected chi connectivity index (χ4v) is 8.33. The summed E-state index contributed by atoms with van der Waals surface area (Å²) >= 11 is 0. The summed E-state index contributed by atoms with van der Waals surface area (Å²) in [5, 5.41) is 3.78. The van der Waals surface area contributed by atoms with Crippen LogP contribution in [0.3, 0.4) is 0 Å². The van der Waals surface area contributed by atoms with Crippen LogP contribution in [0.1, 0.15) is 23.1 Å². The van der Waals surface area contributed by atoms with Crippen molar-refractivity contribution >= 4 is 31.0 Å². The van der Waals surface area contributed by atoms with Crippen molar-refractivity contribution in [2.45, 2.75) is 27.2 Å². The second-order valence-electron chi connectivity index (χ2n) is 7.72. The first-order valence-corrected chi connectivity index (χ1v) is 13.5. The lowest BCUT2D eigenvalue weighted by molar-refractivity contribution is 0.198. The Balaban J connectivity index is 2.14. The smallest absolute Gasteiger partial charge is 0.303 e. The van der Waals surface area contributed by atoms with Gasteiger partial charge in [0, 0.05) is 6.42 Å². The van der Waals surface area contributed by atoms with Gasteiger partial charge in [-0.05, 0) is 57.2 Å². The van der Waals surface area contributed by atoms with Crippen LogP contribution in [0.5, 0.6) is 0 Å². The minimum Gasteiger partial charge on any atom is -0.303 e. The third-order valence-corrected chi connectivity index (χ3v) is 10.4. The van der Waals surface area contributed by atoms with E-state index in [1.165, 1.54) is 32.6 Å². The van der Waals surface area contributed by atoms with E-state index in [4.69, 9.17) is 14.3 Å². The molecule has 0 fully saturated rings. The van der Waals surface area contributed by atoms with Gasteiger partial charge in [-0.15, -0.1) is 0 Å². The number of phosphoric ester groups is 1. The number of benzene rings is 3. The SMILES string of the molecule is Cc1ccc([P+](CCCOP(=O)(O)O)(c2ccc(C)cc2)c2ccc(C)cc2)cc1. The lowest BCUT2D eigenvalue weighted by atomic mass is 10.2. The Bertz CT molecular complexity index is 896. The van der Waals surface area contributed by atoms with Gasteiger partial charge in [-0.25, -0.2) is 4.57 Å². The maximum absolute atomic E-state index is 11.2. The average Bonchev–Trinajstić information content (AvgIpc) is 2.70. The van der Waals surface area contributed by atoms with E-state index in [1.807, 2.05) is 0 Å². The predicted molar refractivity (Wildman–Crippen MR) is 127 cm³/mol. The molecule has 0 aliphatic carbocycles. The Morgan fingerprint density at radius 3 is 1.33 bits per heavy atom. The highest BCUT2D eigenvalue weighted by Crippen LogP contribution is 2.56. The van der Waals surface area contributed by atoms with E-state index in [9.17, 15) is 4.57 Å². The Hall–Kier alpha value is -1.80. The zero-order valence-electron chi connectivity index (χ0n) is 17.7. The molecule has 3 rings (SSSR count). The molecule has 30 heavy (non-hydrogen) atoms. The van der Waals surface area contributed by atoms with E-state index in [2.05, 4.69) is 93.6 Å². The molecule has 3 aromatic carbocycles. The molecule has 0 aliphatic rings. The summed E-state index contributed by atoms with van der Waals surface area (Å²) < 4.78 is 15.9. The first-order chi connectivity index (χ1) is 14.2. The monoisotopic (exact) mass is 443 g/mol. The third kappa shape index (κ3) is 5.46. The van der Waals surface area contributed by atoms with E-state index >= 15 is 0 Å². The van der Waals surface area contributed by atoms with E-state index < -0.39 is 15.1 Å². The molecule has 0 saturated heterocycles. The normalized spacial score (nSPS) is 12.2. The van der Waals surface area contributed by atoms with Gasteiger partial charge in [0.05, 0.1) is 12.8 Å². The van der Waals surface area contributed by atoms with Gasteiger partial charge in [0.2, 0.25) is 0 Å². The maximum Gasteiger partial charge on any atom is 0.469 e. The molecule has 0 spiro atoms. The molecule has 0 heterocycles. The largest absolute Gasteiger partial charge is 0.469 e. The maximum atomic E-state index is 11.2. The van der Waals surface area contributed by atoms with Crippen molar-refractivity contribution in [2.24, 2.45) is 0 Å². The number of rotatable bonds is 8. The van der Waals surface area contributed by atoms with Crippen molar-refractivity contribution in [3.05, 3.63) is 89.5 Å². The molecule has 0 bridgehead atoms. The fraction of sp³-hybridized carbons (Fsp3) is 0.250. The molecule has 158 valence electrons. The van der Waals surface area contributed by atoms with Gasteiger partial charge in [0.15, 0.2) is 0 Å². The summed E-state index contributed by atoms with van der Waals surface area (Å²) in [4.78, 5) is 18.2. The van der Waals surface area contributed by atoms with Gasteiger partial charge >= 0.3 is 7.82 Å². The molecule has 0 unspecified atom stereocenters. The summed E-state index contributed by atoms with van der Waals surface area (Å²) in [6.45, 7) is 6.26. The molecule has 4 nitrogen and oxygen atoms in total. The summed E-state index contributed by atoms with van der Waals surface area (Å²) in [5.41, 5.74) is 3.61. The first kappa shape index (κ1) is 22.9. The summed E-state index contributed by atoms with van der Waals surface area (Å²) in [5.74, 6) is 0. The highest BCUT2D eigenvalue weighted by atomic mass is 31.2. The van der Waals surface area contributed by atoms with Crippen LogP contribution >= 0.6 is 15.1 Å². The number of aryl methyl sites for hydroxylation is 3. The molecule has 6 heteroatoms. The highest BCUT2D eigenvalue weighted by Gasteiger charge is 2.44. The molecule has 0 aliphatic heterocycles. The van der Waals surface area contributed by atoms with Crippen LogP contribution in [-0.2, 0) is 9.09 Å². The molecule has 2 N–H and O–H groups in total. The van der Waals surface area contributed by atoms with Crippen LogP contribution in [0.2, 0.25) is 0 Å². The van der Waals surface area contributed by atoms with Crippen molar-refractivity contribution < 1.29 is 18.9 Å². The lowest BCUT2D eigenvalue weighted by Gasteiger charge is -2.28. The topological polar surface area (TPSA) is 66.8 Å². The second-order valence-corrected chi connectivity index (χ2v) is 12.6. The molecule has 0 amide bonds. The van der Waals surface area contributed by atoms with Gasteiger partial charge in [-0.1, -0.05) is 53.1 Å². The second kappa shape index (κ2) is 9.56. The minimum atomic E-state index is -4.47. The van der Waals surface area contributed by atoms with E-state index in [-0.39, 0.29) is 6.61 Å². The Morgan fingerprint density at radius 2 is 1.03 bits per heavy atom. The highest BCUT2D eigenvalue weighted by molar-refractivity contribution is 7.95. The van der Waals surface area contributed by atoms with Crippen LogP contribution < -0.4 is 15.9 Å². The Labute approximate surface area is 179 Å². The quantitative estimate of drug-likeness (QED) is 0.400. The lowest BCUT2D eigenvalue weighted by Crippen LogP contribution is -2.34. The molecular formula is C24H29O4P2+. The van der Waals surface area contributed by atoms with Crippen molar-refractivity contribution in [2.75, 3.05) is 12.8 Å². The van der Waals surface area contributed by atoms with Crippen LogP contribution in [-0.4, -0.2) is 22.6 Å². The number of phosphoric acid groups is 1. The van der Waals surface area contributed by atoms with Gasteiger partial charge in [-0.3, -0.25) is 4.52 Å². The van der Waals surface area contributed by atoms with Gasteiger partial charge < -0.3 is 9.79 Å². The van der Waals surface area contributed by atoms with Gasteiger partial charge in [-0.2, -0.15) is 0 Å². The molecule has 0 atom stereocenters. The number of hydrogen-bond donors (Lipinski definition) is 2. The average molecular weight is 443 g/mol. The van der Waals surface area contributed by atoms with Crippen LogP contribution in [0.25, 0.3) is 0 Å². The summed E-state index contributed by atoms with van der Waals surface area (Å²) in [6, 6.07) is 26.0. The van der Waals surface area contributed by atoms with Crippen LogP contribution in [0, 0.1) is 20.8 Å². The molecule has 3 aromatic rings. The zero-order chi connectivity index (χ0) is 21.8. The zero-order valence-corrected chi connectivity index (χ0v) is 19.4. The fourth-order valence-electron chi connectivity index (χ4n) is 3.72. The summed E-state index contributed by atoms with van der Waals surface area (Å²) in [7, 11) is -6.50. The van der Waals surface area contributed by atoms with E-state index in [0.29, 0.717) is 6.42 Å². The van der Waals surface area contributed by atoms with Crippen LogP contribution in [0.4, 0.5) is 0 Å². The van der Waals surface area contributed by atoms with Crippen molar-refractivity contribution in [1.29, 1.82) is 0 Å². The minimum absolute atomic E-state index is 0.0234. The molecule has 0 aromatic heterocycles. The molecular weight excluding hydrogens is 414 g/mol. The summed E-state index contributed by atoms with van der Waals surface area (Å²) in [6.07, 6.45) is 1.32. The van der Waals surface area contributed by atoms with Gasteiger partial charge in [0.25, 0.3) is 0 Å². The van der Waals surface area contributed by atoms with Gasteiger partial charge in [0.1, 0.15) is 23.2 Å².